The smallest absolute Gasteiger partial charge is 0.0934 e. The fourth-order valence-electron chi connectivity index (χ4n) is 0.913. The minimum absolute atomic E-state index is 0.249. The number of benzene rings is 1. The van der Waals surface area contributed by atoms with E-state index in [0.717, 1.165) is 5.56 Å². The van der Waals surface area contributed by atoms with Crippen LogP contribution in [-0.4, -0.2) is 0 Å². The van der Waals surface area contributed by atoms with E-state index >= 15 is 0 Å². The Bertz CT molecular complexity index is 321. The van der Waals surface area contributed by atoms with Crippen molar-refractivity contribution >= 4 is 5.70 Å². The highest BCUT2D eigenvalue weighted by Gasteiger charge is 1.91. The molecule has 0 saturated carbocycles. The van der Waals surface area contributed by atoms with E-state index in [0.29, 0.717) is 5.70 Å². The maximum atomic E-state index is 5.75. The minimum atomic E-state index is 0.249. The van der Waals surface area contributed by atoms with Crippen LogP contribution in [-0.2, 0) is 0 Å². The number of rotatable bonds is 2. The van der Waals surface area contributed by atoms with Crippen LogP contribution in [0.1, 0.15) is 5.56 Å². The Kier molecular flexibility index (Phi) is 2.97. The standard InChI is InChI=1S/C10H13N3/c11-9(6-7-10(12)13)8-4-2-1-3-5-8/h1-7H,11-13H2/b9-6-. The molecule has 0 fully saturated rings. The first kappa shape index (κ1) is 9.19. The molecule has 1 aromatic rings. The minimum Gasteiger partial charge on any atom is -0.398 e. The Morgan fingerprint density at radius 2 is 1.54 bits per heavy atom. The van der Waals surface area contributed by atoms with Crippen molar-refractivity contribution in [3.8, 4) is 0 Å². The van der Waals surface area contributed by atoms with E-state index in [1.165, 1.54) is 0 Å². The predicted octanol–water partition coefficient (Wildman–Crippen LogP) is 0.745. The first-order chi connectivity index (χ1) is 6.20. The zero-order valence-corrected chi connectivity index (χ0v) is 7.27. The molecule has 0 aliphatic carbocycles. The first-order valence-corrected chi connectivity index (χ1v) is 3.94. The second kappa shape index (κ2) is 4.21. The van der Waals surface area contributed by atoms with Gasteiger partial charge in [0.1, 0.15) is 0 Å². The number of hydrogen-bond donors (Lipinski definition) is 3. The van der Waals surface area contributed by atoms with Crippen molar-refractivity contribution in [2.75, 3.05) is 0 Å². The molecular weight excluding hydrogens is 162 g/mol. The lowest BCUT2D eigenvalue weighted by molar-refractivity contribution is 1.25. The number of nitrogens with two attached hydrogens (primary N) is 3. The van der Waals surface area contributed by atoms with Crippen LogP contribution in [0.3, 0.4) is 0 Å². The van der Waals surface area contributed by atoms with E-state index < -0.39 is 0 Å². The third-order valence-corrected chi connectivity index (χ3v) is 1.56. The van der Waals surface area contributed by atoms with Gasteiger partial charge in [0.05, 0.1) is 5.82 Å². The lowest BCUT2D eigenvalue weighted by atomic mass is 10.1. The van der Waals surface area contributed by atoms with Crippen LogP contribution in [0.25, 0.3) is 5.70 Å². The summed E-state index contributed by atoms with van der Waals surface area (Å²) in [5, 5.41) is 0. The SMILES string of the molecule is NC(N)=C/C=C(\N)c1ccccc1. The molecule has 1 rings (SSSR count). The molecule has 0 aliphatic heterocycles. The molecule has 0 saturated heterocycles. The summed E-state index contributed by atoms with van der Waals surface area (Å²) in [5.74, 6) is 0.249. The van der Waals surface area contributed by atoms with Crippen molar-refractivity contribution in [2.45, 2.75) is 0 Å². The molecule has 3 nitrogen and oxygen atoms in total. The van der Waals surface area contributed by atoms with E-state index in [-0.39, 0.29) is 5.82 Å². The van der Waals surface area contributed by atoms with Gasteiger partial charge in [-0.3, -0.25) is 0 Å². The van der Waals surface area contributed by atoms with Crippen LogP contribution in [0.15, 0.2) is 48.3 Å². The zero-order chi connectivity index (χ0) is 9.68. The van der Waals surface area contributed by atoms with Crippen LogP contribution < -0.4 is 17.2 Å². The van der Waals surface area contributed by atoms with Crippen molar-refractivity contribution in [3.63, 3.8) is 0 Å². The van der Waals surface area contributed by atoms with Crippen molar-refractivity contribution in [3.05, 3.63) is 53.9 Å². The lowest BCUT2D eigenvalue weighted by Crippen LogP contribution is -2.07. The van der Waals surface area contributed by atoms with Crippen LogP contribution >= 0.6 is 0 Å². The summed E-state index contributed by atoms with van der Waals surface area (Å²) >= 11 is 0. The Labute approximate surface area is 77.5 Å². The molecule has 68 valence electrons. The summed E-state index contributed by atoms with van der Waals surface area (Å²) in [4.78, 5) is 0. The van der Waals surface area contributed by atoms with Crippen LogP contribution in [0.2, 0.25) is 0 Å². The second-order valence-corrected chi connectivity index (χ2v) is 2.65. The highest BCUT2D eigenvalue weighted by molar-refractivity contribution is 5.63. The third kappa shape index (κ3) is 2.91. The molecule has 0 radical (unpaired) electrons. The topological polar surface area (TPSA) is 78.1 Å². The Morgan fingerprint density at radius 1 is 0.923 bits per heavy atom. The second-order valence-electron chi connectivity index (χ2n) is 2.65. The Morgan fingerprint density at radius 3 is 2.08 bits per heavy atom. The third-order valence-electron chi connectivity index (χ3n) is 1.56. The van der Waals surface area contributed by atoms with Crippen LogP contribution in [0.5, 0.6) is 0 Å². The Hall–Kier alpha value is -1.90. The maximum Gasteiger partial charge on any atom is 0.0934 e. The number of hydrogen-bond acceptors (Lipinski definition) is 3. The molecule has 0 amide bonds. The van der Waals surface area contributed by atoms with E-state index in [9.17, 15) is 0 Å². The van der Waals surface area contributed by atoms with Gasteiger partial charge >= 0.3 is 0 Å². The average molecular weight is 175 g/mol. The summed E-state index contributed by atoms with van der Waals surface area (Å²) in [6.45, 7) is 0. The summed E-state index contributed by atoms with van der Waals surface area (Å²) < 4.78 is 0. The zero-order valence-electron chi connectivity index (χ0n) is 7.27. The van der Waals surface area contributed by atoms with E-state index in [2.05, 4.69) is 0 Å². The van der Waals surface area contributed by atoms with Gasteiger partial charge in [-0.1, -0.05) is 30.3 Å². The molecule has 0 heterocycles. The summed E-state index contributed by atoms with van der Waals surface area (Å²) in [7, 11) is 0. The van der Waals surface area contributed by atoms with Crippen molar-refractivity contribution < 1.29 is 0 Å². The molecule has 3 heteroatoms. The van der Waals surface area contributed by atoms with Crippen molar-refractivity contribution in [1.29, 1.82) is 0 Å². The maximum absolute atomic E-state index is 5.75. The van der Waals surface area contributed by atoms with E-state index in [1.54, 1.807) is 12.2 Å². The van der Waals surface area contributed by atoms with Crippen molar-refractivity contribution in [2.24, 2.45) is 17.2 Å². The van der Waals surface area contributed by atoms with Gasteiger partial charge in [0.15, 0.2) is 0 Å². The summed E-state index contributed by atoms with van der Waals surface area (Å²) in [6, 6.07) is 9.62. The molecule has 0 bridgehead atoms. The summed E-state index contributed by atoms with van der Waals surface area (Å²) in [6.07, 6.45) is 3.26. The molecule has 0 aromatic heterocycles. The molecule has 0 spiro atoms. The monoisotopic (exact) mass is 175 g/mol. The Balaban J connectivity index is 2.86. The fraction of sp³-hybridized carbons (Fsp3) is 0. The van der Waals surface area contributed by atoms with Gasteiger partial charge in [0.25, 0.3) is 0 Å². The van der Waals surface area contributed by atoms with Gasteiger partial charge in [-0.25, -0.2) is 0 Å². The quantitative estimate of drug-likeness (QED) is 0.580. The molecule has 0 aliphatic rings. The van der Waals surface area contributed by atoms with Gasteiger partial charge < -0.3 is 17.2 Å². The molecule has 6 N–H and O–H groups in total. The largest absolute Gasteiger partial charge is 0.398 e. The lowest BCUT2D eigenvalue weighted by Gasteiger charge is -1.98. The molecule has 13 heavy (non-hydrogen) atoms. The molecular formula is C10H13N3. The normalized spacial score (nSPS) is 10.9. The average Bonchev–Trinajstić information content (AvgIpc) is 2.15. The fourth-order valence-corrected chi connectivity index (χ4v) is 0.913. The van der Waals surface area contributed by atoms with Gasteiger partial charge in [-0.2, -0.15) is 0 Å². The van der Waals surface area contributed by atoms with E-state index in [4.69, 9.17) is 17.2 Å². The van der Waals surface area contributed by atoms with Gasteiger partial charge in [0, 0.05) is 5.70 Å². The predicted molar refractivity (Wildman–Crippen MR) is 55.1 cm³/mol. The first-order valence-electron chi connectivity index (χ1n) is 3.94. The van der Waals surface area contributed by atoms with E-state index in [1.807, 2.05) is 30.3 Å². The molecule has 0 unspecified atom stereocenters. The van der Waals surface area contributed by atoms with Crippen LogP contribution in [0.4, 0.5) is 0 Å². The van der Waals surface area contributed by atoms with Crippen LogP contribution in [0, 0.1) is 0 Å². The van der Waals surface area contributed by atoms with Gasteiger partial charge in [-0.05, 0) is 17.7 Å². The van der Waals surface area contributed by atoms with Gasteiger partial charge in [0.2, 0.25) is 0 Å². The van der Waals surface area contributed by atoms with Gasteiger partial charge in [-0.15, -0.1) is 0 Å². The number of allylic oxidation sites excluding steroid dienone is 2. The summed E-state index contributed by atoms with van der Waals surface area (Å²) in [5.41, 5.74) is 17.9. The highest BCUT2D eigenvalue weighted by Crippen LogP contribution is 2.07. The molecule has 0 atom stereocenters. The highest BCUT2D eigenvalue weighted by atomic mass is 14.8. The van der Waals surface area contributed by atoms with Crippen molar-refractivity contribution in [1.82, 2.24) is 0 Å². The molecule has 1 aromatic carbocycles.